The zero-order valence-electron chi connectivity index (χ0n) is 12.8. The van der Waals surface area contributed by atoms with Crippen LogP contribution in [0.1, 0.15) is 0 Å². The minimum absolute atomic E-state index is 0.151. The smallest absolute Gasteiger partial charge is 0.250 e. The summed E-state index contributed by atoms with van der Waals surface area (Å²) in [5.74, 6) is 0.290. The van der Waals surface area contributed by atoms with Crippen LogP contribution < -0.4 is 15.4 Å². The molecule has 1 aromatic rings. The minimum atomic E-state index is -0.530. The van der Waals surface area contributed by atoms with E-state index in [9.17, 15) is 9.59 Å². The second-order valence-electron chi connectivity index (χ2n) is 4.96. The molecular formula is C15H21N3O4. The number of hydrogen-bond acceptors (Lipinski definition) is 5. The third-order valence-electron chi connectivity index (χ3n) is 3.44. The van der Waals surface area contributed by atoms with Gasteiger partial charge in [0.05, 0.1) is 25.9 Å². The molecule has 0 aliphatic carbocycles. The monoisotopic (exact) mass is 307 g/mol. The van der Waals surface area contributed by atoms with E-state index in [1.165, 1.54) is 0 Å². The number of hydrogen-bond donors (Lipinski definition) is 2. The molecule has 1 unspecified atom stereocenters. The first-order chi connectivity index (χ1) is 10.6. The number of nitrogens with one attached hydrogen (secondary N) is 2. The molecule has 1 aliphatic heterocycles. The van der Waals surface area contributed by atoms with Gasteiger partial charge in [-0.2, -0.15) is 0 Å². The lowest BCUT2D eigenvalue weighted by Gasteiger charge is -2.31. The van der Waals surface area contributed by atoms with E-state index in [0.717, 1.165) is 0 Å². The fourth-order valence-electron chi connectivity index (χ4n) is 2.31. The molecule has 2 rings (SSSR count). The second-order valence-corrected chi connectivity index (χ2v) is 4.96. The Hall–Kier alpha value is -2.12. The molecule has 7 nitrogen and oxygen atoms in total. The van der Waals surface area contributed by atoms with Crippen LogP contribution in [0.25, 0.3) is 0 Å². The first-order valence-corrected chi connectivity index (χ1v) is 7.12. The molecule has 120 valence electrons. The van der Waals surface area contributed by atoms with E-state index in [2.05, 4.69) is 10.6 Å². The van der Waals surface area contributed by atoms with Crippen molar-refractivity contribution in [3.8, 4) is 5.75 Å². The molecule has 1 aliphatic rings. The maximum absolute atomic E-state index is 12.1. The van der Waals surface area contributed by atoms with Gasteiger partial charge < -0.3 is 20.1 Å². The minimum Gasteiger partial charge on any atom is -0.495 e. The Bertz CT molecular complexity index is 535. The van der Waals surface area contributed by atoms with Crippen LogP contribution in [0.5, 0.6) is 5.75 Å². The van der Waals surface area contributed by atoms with Crippen LogP contribution in [0.2, 0.25) is 0 Å². The number of carbonyl (C=O) groups excluding carboxylic acids is 2. The molecule has 7 heteroatoms. The van der Waals surface area contributed by atoms with Gasteiger partial charge in [0.1, 0.15) is 11.9 Å². The Labute approximate surface area is 129 Å². The number of morpholine rings is 1. The average Bonchev–Trinajstić information content (AvgIpc) is 2.54. The number of nitrogens with zero attached hydrogens (tertiary/aromatic N) is 1. The topological polar surface area (TPSA) is 79.9 Å². The molecule has 2 N–H and O–H groups in total. The lowest BCUT2D eigenvalue weighted by Crippen LogP contribution is -2.50. The molecule has 0 aromatic heterocycles. The van der Waals surface area contributed by atoms with Gasteiger partial charge >= 0.3 is 0 Å². The third-order valence-corrected chi connectivity index (χ3v) is 3.44. The standard InChI is InChI=1S/C15H21N3O4/c1-16-15(20)13-9-18(7-8-22-13)10-14(19)17-11-5-3-4-6-12(11)21-2/h3-6,13H,7-10H2,1-2H3,(H,16,20)(H,17,19). The highest BCUT2D eigenvalue weighted by Gasteiger charge is 2.26. The number of anilines is 1. The van der Waals surface area contributed by atoms with Crippen molar-refractivity contribution in [2.75, 3.05) is 45.7 Å². The molecule has 22 heavy (non-hydrogen) atoms. The van der Waals surface area contributed by atoms with Gasteiger partial charge in [-0.05, 0) is 12.1 Å². The molecule has 0 spiro atoms. The summed E-state index contributed by atoms with van der Waals surface area (Å²) in [5, 5.41) is 5.38. The first-order valence-electron chi connectivity index (χ1n) is 7.12. The largest absolute Gasteiger partial charge is 0.495 e. The van der Waals surface area contributed by atoms with Crippen LogP contribution in [0.4, 0.5) is 5.69 Å². The second kappa shape index (κ2) is 7.77. The fourth-order valence-corrected chi connectivity index (χ4v) is 2.31. The molecule has 1 aromatic carbocycles. The van der Waals surface area contributed by atoms with E-state index >= 15 is 0 Å². The van der Waals surface area contributed by atoms with Crippen LogP contribution in [0, 0.1) is 0 Å². The molecule has 0 bridgehead atoms. The fraction of sp³-hybridized carbons (Fsp3) is 0.467. The number of methoxy groups -OCH3 is 1. The van der Waals surface area contributed by atoms with Crippen molar-refractivity contribution in [1.29, 1.82) is 0 Å². The maximum Gasteiger partial charge on any atom is 0.250 e. The SMILES string of the molecule is CNC(=O)C1CN(CC(=O)Nc2ccccc2OC)CCO1. The summed E-state index contributed by atoms with van der Waals surface area (Å²) >= 11 is 0. The van der Waals surface area contributed by atoms with E-state index < -0.39 is 6.10 Å². The number of carbonyl (C=O) groups is 2. The van der Waals surface area contributed by atoms with Crippen molar-refractivity contribution in [2.45, 2.75) is 6.10 Å². The Morgan fingerprint density at radius 1 is 1.41 bits per heavy atom. The van der Waals surface area contributed by atoms with E-state index in [1.807, 2.05) is 17.0 Å². The molecule has 1 heterocycles. The van der Waals surface area contributed by atoms with Gasteiger partial charge in [0, 0.05) is 20.1 Å². The summed E-state index contributed by atoms with van der Waals surface area (Å²) in [5.41, 5.74) is 0.631. The Kier molecular flexibility index (Phi) is 5.74. The molecule has 1 atom stereocenters. The Balaban J connectivity index is 1.90. The molecule has 0 saturated carbocycles. The maximum atomic E-state index is 12.1. The van der Waals surface area contributed by atoms with Crippen molar-refractivity contribution in [2.24, 2.45) is 0 Å². The third kappa shape index (κ3) is 4.19. The molecule has 2 amide bonds. The van der Waals surface area contributed by atoms with Crippen molar-refractivity contribution < 1.29 is 19.1 Å². The van der Waals surface area contributed by atoms with Crippen LogP contribution in [0.15, 0.2) is 24.3 Å². The lowest BCUT2D eigenvalue weighted by atomic mass is 10.2. The van der Waals surface area contributed by atoms with Crippen LogP contribution in [0.3, 0.4) is 0 Å². The van der Waals surface area contributed by atoms with Gasteiger partial charge in [-0.1, -0.05) is 12.1 Å². The quantitative estimate of drug-likeness (QED) is 0.805. The van der Waals surface area contributed by atoms with Gasteiger partial charge in [-0.25, -0.2) is 0 Å². The van der Waals surface area contributed by atoms with Crippen molar-refractivity contribution >= 4 is 17.5 Å². The van der Waals surface area contributed by atoms with Crippen LogP contribution in [-0.2, 0) is 14.3 Å². The predicted molar refractivity (Wildman–Crippen MR) is 81.9 cm³/mol. The number of rotatable bonds is 5. The number of likely N-dealkylation sites (N-methyl/N-ethyl adjacent to an activating group) is 1. The summed E-state index contributed by atoms with van der Waals surface area (Å²) in [4.78, 5) is 25.6. The molecule has 1 fully saturated rings. The zero-order chi connectivity index (χ0) is 15.9. The van der Waals surface area contributed by atoms with Crippen LogP contribution >= 0.6 is 0 Å². The zero-order valence-corrected chi connectivity index (χ0v) is 12.8. The first kappa shape index (κ1) is 16.3. The summed E-state index contributed by atoms with van der Waals surface area (Å²) in [6, 6.07) is 7.23. The molecule has 0 radical (unpaired) electrons. The van der Waals surface area contributed by atoms with Crippen molar-refractivity contribution in [1.82, 2.24) is 10.2 Å². The summed E-state index contributed by atoms with van der Waals surface area (Å²) < 4.78 is 10.6. The van der Waals surface area contributed by atoms with Gasteiger partial charge in [-0.3, -0.25) is 14.5 Å². The summed E-state index contributed by atoms with van der Waals surface area (Å²) in [7, 11) is 3.12. The summed E-state index contributed by atoms with van der Waals surface area (Å²) in [6.07, 6.45) is -0.530. The van der Waals surface area contributed by atoms with E-state index in [0.29, 0.717) is 31.1 Å². The van der Waals surface area contributed by atoms with E-state index in [-0.39, 0.29) is 18.4 Å². The van der Waals surface area contributed by atoms with Gasteiger partial charge in [0.15, 0.2) is 0 Å². The van der Waals surface area contributed by atoms with Crippen molar-refractivity contribution in [3.63, 3.8) is 0 Å². The molecular weight excluding hydrogens is 286 g/mol. The van der Waals surface area contributed by atoms with Gasteiger partial charge in [0.2, 0.25) is 11.8 Å². The van der Waals surface area contributed by atoms with E-state index in [4.69, 9.17) is 9.47 Å². The van der Waals surface area contributed by atoms with Gasteiger partial charge in [0.25, 0.3) is 0 Å². The Morgan fingerprint density at radius 2 is 2.18 bits per heavy atom. The lowest BCUT2D eigenvalue weighted by molar-refractivity contribution is -0.139. The number of benzene rings is 1. The highest BCUT2D eigenvalue weighted by molar-refractivity contribution is 5.93. The number of amides is 2. The number of ether oxygens (including phenoxy) is 2. The molecule has 1 saturated heterocycles. The van der Waals surface area contributed by atoms with Crippen molar-refractivity contribution in [3.05, 3.63) is 24.3 Å². The van der Waals surface area contributed by atoms with E-state index in [1.54, 1.807) is 26.3 Å². The van der Waals surface area contributed by atoms with Crippen LogP contribution in [-0.4, -0.2) is 63.2 Å². The average molecular weight is 307 g/mol. The number of para-hydroxylation sites is 2. The highest BCUT2D eigenvalue weighted by Crippen LogP contribution is 2.22. The Morgan fingerprint density at radius 3 is 2.91 bits per heavy atom. The predicted octanol–water partition coefficient (Wildman–Crippen LogP) is 0.0805. The summed E-state index contributed by atoms with van der Waals surface area (Å²) in [6.45, 7) is 1.65. The normalized spacial score (nSPS) is 18.5. The highest BCUT2D eigenvalue weighted by atomic mass is 16.5. The van der Waals surface area contributed by atoms with Gasteiger partial charge in [-0.15, -0.1) is 0 Å².